The molecule has 0 aliphatic heterocycles. The van der Waals surface area contributed by atoms with Gasteiger partial charge in [-0.2, -0.15) is 0 Å². The third-order valence-corrected chi connectivity index (χ3v) is 4.84. The number of aromatic nitrogens is 2. The molecule has 2 amide bonds. The number of ether oxygens (including phenoxy) is 1. The standard InChI is InChI=1S/C23H33N5O5/c1-23(2,3)21(31)24-12-8-11-17(29)26-19-18(25-15-16-9-6-5-7-10-16)20(30)27-22(32)28(19)13-14-33-4/h5-7,9-10,25H,8,11-15H2,1-4H3,(H,24,31)(H,26,29)(H,27,30,32). The fourth-order valence-electron chi connectivity index (χ4n) is 2.96. The van der Waals surface area contributed by atoms with E-state index in [-0.39, 0.29) is 42.9 Å². The highest BCUT2D eigenvalue weighted by molar-refractivity contribution is 5.92. The summed E-state index contributed by atoms with van der Waals surface area (Å²) in [6.07, 6.45) is 0.514. The van der Waals surface area contributed by atoms with Gasteiger partial charge < -0.3 is 20.7 Å². The van der Waals surface area contributed by atoms with E-state index in [1.165, 1.54) is 11.7 Å². The number of hydrogen-bond acceptors (Lipinski definition) is 6. The molecule has 1 aromatic heterocycles. The lowest BCUT2D eigenvalue weighted by Gasteiger charge is -2.18. The van der Waals surface area contributed by atoms with Crippen molar-refractivity contribution in [2.45, 2.75) is 46.7 Å². The number of rotatable bonds is 11. The molecular weight excluding hydrogens is 426 g/mol. The highest BCUT2D eigenvalue weighted by atomic mass is 16.5. The Balaban J connectivity index is 2.17. The minimum Gasteiger partial charge on any atom is -0.383 e. The maximum atomic E-state index is 12.6. The first-order valence-corrected chi connectivity index (χ1v) is 10.9. The number of nitrogens with zero attached hydrogens (tertiary/aromatic N) is 1. The number of benzene rings is 1. The van der Waals surface area contributed by atoms with Gasteiger partial charge in [-0.05, 0) is 12.0 Å². The van der Waals surface area contributed by atoms with Crippen molar-refractivity contribution < 1.29 is 14.3 Å². The minimum absolute atomic E-state index is 0.0838. The highest BCUT2D eigenvalue weighted by Gasteiger charge is 2.21. The van der Waals surface area contributed by atoms with E-state index in [0.717, 1.165) is 5.56 Å². The lowest BCUT2D eigenvalue weighted by atomic mass is 9.96. The normalized spacial score (nSPS) is 11.2. The van der Waals surface area contributed by atoms with Gasteiger partial charge in [-0.3, -0.25) is 23.9 Å². The van der Waals surface area contributed by atoms with Gasteiger partial charge in [0.15, 0.2) is 0 Å². The van der Waals surface area contributed by atoms with Crippen molar-refractivity contribution in [3.8, 4) is 0 Å². The van der Waals surface area contributed by atoms with Gasteiger partial charge in [0, 0.05) is 32.0 Å². The summed E-state index contributed by atoms with van der Waals surface area (Å²) in [5.74, 6) is -0.391. The van der Waals surface area contributed by atoms with Crippen LogP contribution in [0.15, 0.2) is 39.9 Å². The molecule has 2 rings (SSSR count). The molecular formula is C23H33N5O5. The van der Waals surface area contributed by atoms with E-state index in [1.807, 2.05) is 51.1 Å². The van der Waals surface area contributed by atoms with Crippen molar-refractivity contribution in [1.29, 1.82) is 0 Å². The van der Waals surface area contributed by atoms with E-state index in [9.17, 15) is 19.2 Å². The summed E-state index contributed by atoms with van der Waals surface area (Å²) in [7, 11) is 1.50. The molecule has 0 spiro atoms. The number of aromatic amines is 1. The third kappa shape index (κ3) is 7.90. The SMILES string of the molecule is COCCn1c(NC(=O)CCCNC(=O)C(C)(C)C)c(NCc2ccccc2)c(=O)[nH]c1=O. The first-order chi connectivity index (χ1) is 15.6. The number of anilines is 2. The van der Waals surface area contributed by atoms with E-state index in [2.05, 4.69) is 20.9 Å². The van der Waals surface area contributed by atoms with Crippen LogP contribution in [0.3, 0.4) is 0 Å². The number of amides is 2. The first-order valence-electron chi connectivity index (χ1n) is 10.9. The molecule has 0 aliphatic carbocycles. The van der Waals surface area contributed by atoms with Crippen molar-refractivity contribution in [2.75, 3.05) is 30.9 Å². The van der Waals surface area contributed by atoms with Gasteiger partial charge in [-0.15, -0.1) is 0 Å². The van der Waals surface area contributed by atoms with Crippen molar-refractivity contribution in [3.63, 3.8) is 0 Å². The second kappa shape index (κ2) is 12.0. The van der Waals surface area contributed by atoms with Gasteiger partial charge in [-0.25, -0.2) is 4.79 Å². The summed E-state index contributed by atoms with van der Waals surface area (Å²) in [5.41, 5.74) is -0.765. The maximum absolute atomic E-state index is 12.6. The quantitative estimate of drug-likeness (QED) is 0.378. The number of methoxy groups -OCH3 is 1. The average molecular weight is 460 g/mol. The Labute approximate surface area is 192 Å². The maximum Gasteiger partial charge on any atom is 0.330 e. The number of carbonyl (C=O) groups excluding carboxylic acids is 2. The van der Waals surface area contributed by atoms with Crippen molar-refractivity contribution in [2.24, 2.45) is 5.41 Å². The molecule has 0 atom stereocenters. The van der Waals surface area contributed by atoms with Gasteiger partial charge in [-0.1, -0.05) is 51.1 Å². The monoisotopic (exact) mass is 459 g/mol. The smallest absolute Gasteiger partial charge is 0.330 e. The summed E-state index contributed by atoms with van der Waals surface area (Å²) >= 11 is 0. The zero-order valence-corrected chi connectivity index (χ0v) is 19.6. The van der Waals surface area contributed by atoms with Crippen molar-refractivity contribution >= 4 is 23.3 Å². The molecule has 1 aromatic carbocycles. The molecule has 33 heavy (non-hydrogen) atoms. The van der Waals surface area contributed by atoms with Crippen LogP contribution in [-0.4, -0.2) is 41.6 Å². The summed E-state index contributed by atoms with van der Waals surface area (Å²) in [5, 5.41) is 8.52. The molecule has 1 heterocycles. The first kappa shape index (κ1) is 25.9. The molecule has 2 aromatic rings. The number of carbonyl (C=O) groups is 2. The number of hydrogen-bond donors (Lipinski definition) is 4. The molecule has 4 N–H and O–H groups in total. The lowest BCUT2D eigenvalue weighted by Crippen LogP contribution is -2.36. The molecule has 0 saturated heterocycles. The zero-order chi connectivity index (χ0) is 24.4. The van der Waals surface area contributed by atoms with E-state index < -0.39 is 16.7 Å². The summed E-state index contributed by atoms with van der Waals surface area (Å²) in [6, 6.07) is 9.43. The molecule has 180 valence electrons. The molecule has 0 bridgehead atoms. The molecule has 0 radical (unpaired) electrons. The Bertz CT molecular complexity index is 1050. The van der Waals surface area contributed by atoms with Gasteiger partial charge in [0.1, 0.15) is 11.5 Å². The average Bonchev–Trinajstić information content (AvgIpc) is 2.76. The second-order valence-corrected chi connectivity index (χ2v) is 8.62. The van der Waals surface area contributed by atoms with Gasteiger partial charge in [0.2, 0.25) is 11.8 Å². The topological polar surface area (TPSA) is 134 Å². The molecule has 10 heteroatoms. The van der Waals surface area contributed by atoms with Crippen molar-refractivity contribution in [3.05, 3.63) is 56.7 Å². The Hall–Kier alpha value is -3.40. The van der Waals surface area contributed by atoms with Gasteiger partial charge in [0.25, 0.3) is 5.56 Å². The van der Waals surface area contributed by atoms with Gasteiger partial charge in [0.05, 0.1) is 13.2 Å². The summed E-state index contributed by atoms with van der Waals surface area (Å²) < 4.78 is 6.33. The molecule has 10 nitrogen and oxygen atoms in total. The number of nitrogens with one attached hydrogen (secondary N) is 4. The fraction of sp³-hybridized carbons (Fsp3) is 0.478. The van der Waals surface area contributed by atoms with Crippen LogP contribution >= 0.6 is 0 Å². The van der Waals surface area contributed by atoms with Crippen LogP contribution in [0, 0.1) is 5.41 Å². The van der Waals surface area contributed by atoms with Crippen LogP contribution in [0.4, 0.5) is 11.5 Å². The van der Waals surface area contributed by atoms with Crippen LogP contribution in [0.2, 0.25) is 0 Å². The van der Waals surface area contributed by atoms with Crippen LogP contribution in [0.1, 0.15) is 39.2 Å². The highest BCUT2D eigenvalue weighted by Crippen LogP contribution is 2.17. The van der Waals surface area contributed by atoms with Crippen LogP contribution in [-0.2, 0) is 27.4 Å². The van der Waals surface area contributed by atoms with Crippen LogP contribution in [0.5, 0.6) is 0 Å². The van der Waals surface area contributed by atoms with Crippen molar-refractivity contribution in [1.82, 2.24) is 14.9 Å². The zero-order valence-electron chi connectivity index (χ0n) is 19.6. The Morgan fingerprint density at radius 2 is 1.82 bits per heavy atom. The van der Waals surface area contributed by atoms with Crippen LogP contribution < -0.4 is 27.2 Å². The second-order valence-electron chi connectivity index (χ2n) is 8.62. The molecule has 0 unspecified atom stereocenters. The molecule has 0 fully saturated rings. The summed E-state index contributed by atoms with van der Waals surface area (Å²) in [4.78, 5) is 51.8. The minimum atomic E-state index is -0.643. The largest absolute Gasteiger partial charge is 0.383 e. The van der Waals surface area contributed by atoms with E-state index in [1.54, 1.807) is 0 Å². The van der Waals surface area contributed by atoms with E-state index in [4.69, 9.17) is 4.74 Å². The fourth-order valence-corrected chi connectivity index (χ4v) is 2.96. The number of H-pyrrole nitrogens is 1. The van der Waals surface area contributed by atoms with Crippen LogP contribution in [0.25, 0.3) is 0 Å². The molecule has 0 saturated carbocycles. The Morgan fingerprint density at radius 1 is 1.12 bits per heavy atom. The molecule has 0 aliphatic rings. The van der Waals surface area contributed by atoms with Gasteiger partial charge >= 0.3 is 5.69 Å². The third-order valence-electron chi connectivity index (χ3n) is 4.84. The summed E-state index contributed by atoms with van der Waals surface area (Å²) in [6.45, 7) is 6.46. The van der Waals surface area contributed by atoms with E-state index >= 15 is 0 Å². The van der Waals surface area contributed by atoms with E-state index in [0.29, 0.717) is 19.5 Å². The Kier molecular flexibility index (Phi) is 9.41. The predicted molar refractivity (Wildman–Crippen MR) is 127 cm³/mol. The lowest BCUT2D eigenvalue weighted by molar-refractivity contribution is -0.128. The predicted octanol–water partition coefficient (Wildman–Crippen LogP) is 1.68. The Morgan fingerprint density at radius 3 is 2.45 bits per heavy atom.